The van der Waals surface area contributed by atoms with Gasteiger partial charge in [-0.2, -0.15) is 0 Å². The third-order valence-corrected chi connectivity index (χ3v) is 6.56. The highest BCUT2D eigenvalue weighted by molar-refractivity contribution is 6.30. The molecule has 0 radical (unpaired) electrons. The monoisotopic (exact) mass is 486 g/mol. The van der Waals surface area contributed by atoms with Crippen LogP contribution >= 0.6 is 11.6 Å². The number of nitrogens with zero attached hydrogens (tertiary/aromatic N) is 3. The molecule has 10 heteroatoms. The number of nitrogens with one attached hydrogen (secondary N) is 1. The number of aryl methyl sites for hydroxylation is 1. The van der Waals surface area contributed by atoms with Crippen molar-refractivity contribution in [2.24, 2.45) is 0 Å². The van der Waals surface area contributed by atoms with E-state index in [9.17, 15) is 15.0 Å². The molecule has 34 heavy (non-hydrogen) atoms. The van der Waals surface area contributed by atoms with Crippen molar-refractivity contribution in [2.45, 2.75) is 50.7 Å². The molecule has 3 aromatic rings. The Morgan fingerprint density at radius 2 is 2.15 bits per heavy atom. The molecule has 2 aromatic heterocycles. The SMILES string of the molecule is Cc1c[nH]c(C(C)(O)c2cc(F)c3c(c2)C(=O)N(Cc2ccc(Cl)cn2)[C@@H]3OCC2(O)CC2)n1. The topological polar surface area (TPSA) is 112 Å². The summed E-state index contributed by atoms with van der Waals surface area (Å²) < 4.78 is 21.4. The molecule has 1 amide bonds. The molecule has 1 aliphatic heterocycles. The highest BCUT2D eigenvalue weighted by Gasteiger charge is 2.46. The largest absolute Gasteiger partial charge is 0.387 e. The fourth-order valence-electron chi connectivity index (χ4n) is 4.07. The number of aliphatic hydroxyl groups is 2. The Balaban J connectivity index is 1.53. The first-order valence-electron chi connectivity index (χ1n) is 10.9. The summed E-state index contributed by atoms with van der Waals surface area (Å²) in [5.74, 6) is -0.920. The van der Waals surface area contributed by atoms with Gasteiger partial charge >= 0.3 is 0 Å². The number of carbonyl (C=O) groups is 1. The lowest BCUT2D eigenvalue weighted by molar-refractivity contribution is -0.0814. The average Bonchev–Trinajstić information content (AvgIpc) is 3.25. The predicted octanol–water partition coefficient (Wildman–Crippen LogP) is 3.36. The fourth-order valence-corrected chi connectivity index (χ4v) is 4.18. The first-order valence-corrected chi connectivity index (χ1v) is 11.3. The van der Waals surface area contributed by atoms with Gasteiger partial charge < -0.3 is 24.8 Å². The zero-order valence-electron chi connectivity index (χ0n) is 18.7. The van der Waals surface area contributed by atoms with Gasteiger partial charge in [-0.25, -0.2) is 9.37 Å². The maximum Gasteiger partial charge on any atom is 0.257 e. The number of hydrogen-bond donors (Lipinski definition) is 3. The van der Waals surface area contributed by atoms with Gasteiger partial charge in [-0.1, -0.05) is 11.6 Å². The van der Waals surface area contributed by atoms with Crippen molar-refractivity contribution in [3.8, 4) is 0 Å². The second-order valence-electron chi connectivity index (χ2n) is 9.17. The summed E-state index contributed by atoms with van der Waals surface area (Å²) in [7, 11) is 0. The van der Waals surface area contributed by atoms with Crippen LogP contribution in [-0.2, 0) is 16.9 Å². The molecule has 0 bridgehead atoms. The number of benzene rings is 1. The van der Waals surface area contributed by atoms with E-state index in [1.54, 1.807) is 25.3 Å². The molecule has 3 N–H and O–H groups in total. The average molecular weight is 487 g/mol. The lowest BCUT2D eigenvalue weighted by Crippen LogP contribution is -2.31. The first-order chi connectivity index (χ1) is 16.1. The second kappa shape index (κ2) is 8.13. The van der Waals surface area contributed by atoms with Crippen LogP contribution in [0.4, 0.5) is 4.39 Å². The van der Waals surface area contributed by atoms with Crippen molar-refractivity contribution in [1.82, 2.24) is 19.9 Å². The predicted molar refractivity (Wildman–Crippen MR) is 120 cm³/mol. The van der Waals surface area contributed by atoms with E-state index in [0.717, 1.165) is 0 Å². The highest BCUT2D eigenvalue weighted by atomic mass is 35.5. The van der Waals surface area contributed by atoms with Crippen molar-refractivity contribution >= 4 is 17.5 Å². The van der Waals surface area contributed by atoms with Crippen molar-refractivity contribution in [3.05, 3.63) is 81.4 Å². The first kappa shape index (κ1) is 22.9. The summed E-state index contributed by atoms with van der Waals surface area (Å²) in [4.78, 5) is 26.2. The molecule has 1 fully saturated rings. The van der Waals surface area contributed by atoms with Crippen molar-refractivity contribution < 1.29 is 24.1 Å². The lowest BCUT2D eigenvalue weighted by Gasteiger charge is -2.26. The number of rotatable bonds is 7. The summed E-state index contributed by atoms with van der Waals surface area (Å²) in [6.07, 6.45) is 3.23. The van der Waals surface area contributed by atoms with E-state index in [4.69, 9.17) is 16.3 Å². The molecule has 1 aliphatic carbocycles. The molecule has 5 rings (SSSR count). The Morgan fingerprint density at radius 1 is 1.38 bits per heavy atom. The van der Waals surface area contributed by atoms with E-state index in [2.05, 4.69) is 15.0 Å². The molecule has 0 spiro atoms. The molecule has 0 saturated heterocycles. The quantitative estimate of drug-likeness (QED) is 0.472. The van der Waals surface area contributed by atoms with Crippen LogP contribution in [0.5, 0.6) is 0 Å². The summed E-state index contributed by atoms with van der Waals surface area (Å²) in [6.45, 7) is 3.27. The zero-order valence-corrected chi connectivity index (χ0v) is 19.4. The van der Waals surface area contributed by atoms with Crippen molar-refractivity contribution in [2.75, 3.05) is 6.61 Å². The number of aromatic nitrogens is 3. The Bertz CT molecular complexity index is 1260. The number of carbonyl (C=O) groups excluding carboxylic acids is 1. The molecule has 2 aliphatic rings. The van der Waals surface area contributed by atoms with Crippen molar-refractivity contribution in [1.29, 1.82) is 0 Å². The van der Waals surface area contributed by atoms with Gasteiger partial charge in [0.15, 0.2) is 6.23 Å². The van der Waals surface area contributed by atoms with Crippen LogP contribution in [0.25, 0.3) is 0 Å². The summed E-state index contributed by atoms with van der Waals surface area (Å²) in [5.41, 5.74) is -1.07. The minimum absolute atomic E-state index is 0.0283. The smallest absolute Gasteiger partial charge is 0.257 e. The van der Waals surface area contributed by atoms with Gasteiger partial charge in [0.1, 0.15) is 17.2 Å². The van der Waals surface area contributed by atoms with Gasteiger partial charge in [-0.15, -0.1) is 0 Å². The summed E-state index contributed by atoms with van der Waals surface area (Å²) in [6, 6.07) is 5.99. The number of imidazole rings is 1. The molecule has 1 unspecified atom stereocenters. The number of pyridine rings is 1. The fraction of sp³-hybridized carbons (Fsp3) is 0.375. The highest BCUT2D eigenvalue weighted by Crippen LogP contribution is 2.43. The summed E-state index contributed by atoms with van der Waals surface area (Å²) >= 11 is 5.92. The van der Waals surface area contributed by atoms with Crippen LogP contribution in [0, 0.1) is 12.7 Å². The standard InChI is InChI=1S/C24H24ClFN4O4/c1-13-9-28-22(29-13)23(2,32)14-7-17-19(18(26)8-14)21(34-12-24(33)5-6-24)30(20(17)31)11-16-4-3-15(25)10-27-16/h3-4,7-10,21,32-33H,5-6,11-12H2,1-2H3,(H,28,29)/t21-,23?/m1/s1. The zero-order chi connectivity index (χ0) is 24.3. The Morgan fingerprint density at radius 3 is 2.76 bits per heavy atom. The third kappa shape index (κ3) is 4.09. The summed E-state index contributed by atoms with van der Waals surface area (Å²) in [5, 5.41) is 21.9. The van der Waals surface area contributed by atoms with Crippen molar-refractivity contribution in [3.63, 3.8) is 0 Å². The van der Waals surface area contributed by atoms with E-state index in [1.807, 2.05) is 0 Å². The van der Waals surface area contributed by atoms with Gasteiger partial charge in [-0.05, 0) is 56.5 Å². The number of hydrogen-bond acceptors (Lipinski definition) is 6. The van der Waals surface area contributed by atoms with Crippen LogP contribution in [0.2, 0.25) is 5.02 Å². The van der Waals surface area contributed by atoms with Gasteiger partial charge in [-0.3, -0.25) is 9.78 Å². The van der Waals surface area contributed by atoms with Gasteiger partial charge in [0, 0.05) is 18.0 Å². The molecule has 1 aromatic carbocycles. The van der Waals surface area contributed by atoms with E-state index < -0.39 is 29.2 Å². The van der Waals surface area contributed by atoms with Crippen LogP contribution in [-0.4, -0.2) is 48.2 Å². The van der Waals surface area contributed by atoms with Gasteiger partial charge in [0.25, 0.3) is 5.91 Å². The Labute approximate surface area is 200 Å². The van der Waals surface area contributed by atoms with Crippen LogP contribution in [0.15, 0.2) is 36.7 Å². The van der Waals surface area contributed by atoms with E-state index in [-0.39, 0.29) is 35.7 Å². The third-order valence-electron chi connectivity index (χ3n) is 6.34. The second-order valence-corrected chi connectivity index (χ2v) is 9.61. The number of fused-ring (bicyclic) bond motifs is 1. The molecular weight excluding hydrogens is 463 g/mol. The molecule has 3 heterocycles. The maximum absolute atomic E-state index is 15.5. The molecular formula is C24H24ClFN4O4. The molecule has 1 saturated carbocycles. The van der Waals surface area contributed by atoms with Gasteiger partial charge in [0.2, 0.25) is 0 Å². The number of ether oxygens (including phenoxy) is 1. The van der Waals surface area contributed by atoms with E-state index in [1.165, 1.54) is 30.2 Å². The normalized spacial score (nSPS) is 20.4. The molecule has 178 valence electrons. The minimum atomic E-state index is -1.66. The number of halogens is 2. The van der Waals surface area contributed by atoms with E-state index >= 15 is 4.39 Å². The van der Waals surface area contributed by atoms with E-state index in [0.29, 0.717) is 29.3 Å². The molecule has 8 nitrogen and oxygen atoms in total. The van der Waals surface area contributed by atoms with Crippen LogP contribution in [0.3, 0.4) is 0 Å². The number of aromatic amines is 1. The maximum atomic E-state index is 15.5. The van der Waals surface area contributed by atoms with Crippen LogP contribution < -0.4 is 0 Å². The Kier molecular flexibility index (Phi) is 5.48. The number of amides is 1. The molecule has 2 atom stereocenters. The Hall–Kier alpha value is -2.85. The van der Waals surface area contributed by atoms with Gasteiger partial charge in [0.05, 0.1) is 40.7 Å². The lowest BCUT2D eigenvalue weighted by atomic mass is 9.91. The number of H-pyrrole nitrogens is 1. The van der Waals surface area contributed by atoms with Crippen LogP contribution in [0.1, 0.15) is 64.7 Å². The minimum Gasteiger partial charge on any atom is -0.387 e.